The summed E-state index contributed by atoms with van der Waals surface area (Å²) < 4.78 is 1.13. The molecule has 0 spiro atoms. The number of rotatable bonds is 6. The Kier molecular flexibility index (Phi) is 6.29. The van der Waals surface area contributed by atoms with Gasteiger partial charge in [-0.15, -0.1) is 11.3 Å². The molecule has 1 saturated heterocycles. The number of carbonyl (C=O) groups is 1. The van der Waals surface area contributed by atoms with Crippen molar-refractivity contribution in [3.05, 3.63) is 83.3 Å². The fraction of sp³-hybridized carbons (Fsp3) is 0.280. The molecule has 1 fully saturated rings. The number of benzene rings is 2. The molecule has 0 unspecified atom stereocenters. The van der Waals surface area contributed by atoms with Crippen LogP contribution >= 0.6 is 11.3 Å². The molecule has 0 atom stereocenters. The number of hydrogen-bond acceptors (Lipinski definition) is 5. The molecule has 0 aliphatic carbocycles. The van der Waals surface area contributed by atoms with Gasteiger partial charge < -0.3 is 10.3 Å². The lowest BCUT2D eigenvalue weighted by atomic mass is 10.1. The number of thiophene rings is 1. The number of nitrogens with zero attached hydrogens (tertiary/aromatic N) is 3. The van der Waals surface area contributed by atoms with Gasteiger partial charge in [-0.25, -0.2) is 4.98 Å². The van der Waals surface area contributed by atoms with Crippen LogP contribution in [0.15, 0.2) is 67.0 Å². The van der Waals surface area contributed by atoms with E-state index in [-0.39, 0.29) is 5.91 Å². The third-order valence-corrected chi connectivity index (χ3v) is 6.96. The van der Waals surface area contributed by atoms with E-state index in [0.717, 1.165) is 72.2 Å². The number of fused-ring (bicyclic) bond motifs is 1. The normalized spacial score (nSPS) is 15.6. The molecule has 1 aliphatic heterocycles. The molecule has 7 heteroatoms. The second-order valence-electron chi connectivity index (χ2n) is 8.24. The van der Waals surface area contributed by atoms with Gasteiger partial charge in [-0.05, 0) is 54.7 Å². The van der Waals surface area contributed by atoms with Gasteiger partial charge in [0.25, 0.3) is 5.91 Å². The van der Waals surface area contributed by atoms with Crippen LogP contribution in [0.4, 0.5) is 5.69 Å². The molecule has 2 N–H and O–H groups in total. The maximum atomic E-state index is 12.8. The van der Waals surface area contributed by atoms with Gasteiger partial charge in [0.15, 0.2) is 0 Å². The predicted molar refractivity (Wildman–Crippen MR) is 130 cm³/mol. The van der Waals surface area contributed by atoms with E-state index in [2.05, 4.69) is 37.2 Å². The van der Waals surface area contributed by atoms with E-state index in [1.807, 2.05) is 54.9 Å². The molecule has 0 bridgehead atoms. The minimum atomic E-state index is -0.0494. The maximum absolute atomic E-state index is 12.8. The standard InChI is InChI=1S/C25H27N5OS/c31-25(23-16-20-6-1-2-8-22(20)32-23)28-21-7-3-5-19(15-21)17-29-11-4-12-30(14-13-29)18-24-26-9-10-27-24/h1-3,5-10,15-16H,4,11-14,17-18H2,(H,26,27)(H,28,31). The zero-order valence-corrected chi connectivity index (χ0v) is 18.8. The summed E-state index contributed by atoms with van der Waals surface area (Å²) >= 11 is 1.53. The fourth-order valence-electron chi connectivity index (χ4n) is 4.23. The van der Waals surface area contributed by atoms with Gasteiger partial charge in [0.05, 0.1) is 11.4 Å². The average molecular weight is 446 g/mol. The third kappa shape index (κ3) is 5.07. The van der Waals surface area contributed by atoms with Crippen LogP contribution in [-0.4, -0.2) is 51.9 Å². The molecule has 2 aromatic heterocycles. The number of amides is 1. The van der Waals surface area contributed by atoms with Gasteiger partial charge in [-0.1, -0.05) is 30.3 Å². The van der Waals surface area contributed by atoms with Crippen LogP contribution in [0.1, 0.15) is 27.5 Å². The van der Waals surface area contributed by atoms with E-state index < -0.39 is 0 Å². The summed E-state index contributed by atoms with van der Waals surface area (Å²) in [5.41, 5.74) is 2.07. The molecule has 1 aliphatic rings. The van der Waals surface area contributed by atoms with Gasteiger partial charge in [0.1, 0.15) is 5.82 Å². The Balaban J connectivity index is 1.19. The van der Waals surface area contributed by atoms with Crippen LogP contribution in [0, 0.1) is 0 Å². The molecule has 3 heterocycles. The first kappa shape index (κ1) is 20.9. The number of hydrogen-bond donors (Lipinski definition) is 2. The molecule has 6 nitrogen and oxygen atoms in total. The lowest BCUT2D eigenvalue weighted by Gasteiger charge is -2.21. The Morgan fingerprint density at radius 1 is 1.00 bits per heavy atom. The molecular weight excluding hydrogens is 418 g/mol. The van der Waals surface area contributed by atoms with Gasteiger partial charge in [0.2, 0.25) is 0 Å². The predicted octanol–water partition coefficient (Wildman–Crippen LogP) is 4.58. The van der Waals surface area contributed by atoms with Crippen LogP contribution in [0.5, 0.6) is 0 Å². The quantitative estimate of drug-likeness (QED) is 0.456. The smallest absolute Gasteiger partial charge is 0.265 e. The summed E-state index contributed by atoms with van der Waals surface area (Å²) in [7, 11) is 0. The van der Waals surface area contributed by atoms with Crippen LogP contribution in [0.3, 0.4) is 0 Å². The summed E-state index contributed by atoms with van der Waals surface area (Å²) in [6.45, 7) is 5.99. The van der Waals surface area contributed by atoms with E-state index in [0.29, 0.717) is 0 Å². The Hall–Kier alpha value is -3.00. The monoisotopic (exact) mass is 445 g/mol. The van der Waals surface area contributed by atoms with Crippen molar-refractivity contribution >= 4 is 33.0 Å². The molecule has 2 aromatic carbocycles. The van der Waals surface area contributed by atoms with Crippen molar-refractivity contribution in [3.63, 3.8) is 0 Å². The van der Waals surface area contributed by atoms with Gasteiger partial charge in [-0.3, -0.25) is 14.6 Å². The van der Waals surface area contributed by atoms with Crippen molar-refractivity contribution in [1.29, 1.82) is 0 Å². The van der Waals surface area contributed by atoms with Crippen LogP contribution in [-0.2, 0) is 13.1 Å². The number of carbonyl (C=O) groups excluding carboxylic acids is 1. The average Bonchev–Trinajstić information content (AvgIpc) is 3.42. The summed E-state index contributed by atoms with van der Waals surface area (Å²) in [6.07, 6.45) is 4.83. The minimum Gasteiger partial charge on any atom is -0.348 e. The first-order chi connectivity index (χ1) is 15.7. The number of anilines is 1. The Morgan fingerprint density at radius 2 is 1.84 bits per heavy atom. The highest BCUT2D eigenvalue weighted by atomic mass is 32.1. The highest BCUT2D eigenvalue weighted by Gasteiger charge is 2.16. The second kappa shape index (κ2) is 9.65. The lowest BCUT2D eigenvalue weighted by molar-refractivity contribution is 0.103. The first-order valence-electron chi connectivity index (χ1n) is 11.0. The van der Waals surface area contributed by atoms with Crippen molar-refractivity contribution in [1.82, 2.24) is 19.8 Å². The molecule has 4 aromatic rings. The molecule has 32 heavy (non-hydrogen) atoms. The Morgan fingerprint density at radius 3 is 2.66 bits per heavy atom. The van der Waals surface area contributed by atoms with E-state index >= 15 is 0 Å². The van der Waals surface area contributed by atoms with Crippen molar-refractivity contribution < 1.29 is 4.79 Å². The van der Waals surface area contributed by atoms with Gasteiger partial charge in [0, 0.05) is 42.4 Å². The van der Waals surface area contributed by atoms with Crippen LogP contribution < -0.4 is 5.32 Å². The van der Waals surface area contributed by atoms with Crippen LogP contribution in [0.25, 0.3) is 10.1 Å². The minimum absolute atomic E-state index is 0.0494. The maximum Gasteiger partial charge on any atom is 0.265 e. The van der Waals surface area contributed by atoms with E-state index in [1.165, 1.54) is 16.9 Å². The first-order valence-corrected chi connectivity index (χ1v) is 11.9. The molecule has 1 amide bonds. The summed E-state index contributed by atoms with van der Waals surface area (Å²) in [6, 6.07) is 18.3. The van der Waals surface area contributed by atoms with Gasteiger partial charge >= 0.3 is 0 Å². The number of aromatic amines is 1. The number of aromatic nitrogens is 2. The molecule has 164 valence electrons. The summed E-state index contributed by atoms with van der Waals surface area (Å²) in [4.78, 5) is 26.0. The Bertz CT molecular complexity index is 1150. The highest BCUT2D eigenvalue weighted by Crippen LogP contribution is 2.26. The lowest BCUT2D eigenvalue weighted by Crippen LogP contribution is -2.30. The second-order valence-corrected chi connectivity index (χ2v) is 9.33. The summed E-state index contributed by atoms with van der Waals surface area (Å²) in [5, 5.41) is 4.19. The Labute approximate surface area is 191 Å². The van der Waals surface area contributed by atoms with Crippen LogP contribution in [0.2, 0.25) is 0 Å². The summed E-state index contributed by atoms with van der Waals surface area (Å²) in [5.74, 6) is 0.979. The fourth-order valence-corrected chi connectivity index (χ4v) is 5.19. The zero-order valence-electron chi connectivity index (χ0n) is 18.0. The number of H-pyrrole nitrogens is 1. The zero-order chi connectivity index (χ0) is 21.8. The number of nitrogens with one attached hydrogen (secondary N) is 2. The third-order valence-electron chi connectivity index (χ3n) is 5.85. The van der Waals surface area contributed by atoms with Crippen molar-refractivity contribution in [2.45, 2.75) is 19.5 Å². The van der Waals surface area contributed by atoms with E-state index in [9.17, 15) is 4.79 Å². The van der Waals surface area contributed by atoms with E-state index in [4.69, 9.17) is 0 Å². The van der Waals surface area contributed by atoms with Crippen molar-refractivity contribution in [3.8, 4) is 0 Å². The largest absolute Gasteiger partial charge is 0.348 e. The molecular formula is C25H27N5OS. The molecule has 0 saturated carbocycles. The SMILES string of the molecule is O=C(Nc1cccc(CN2CCCN(Cc3ncc[nH]3)CC2)c1)c1cc2ccccc2s1. The highest BCUT2D eigenvalue weighted by molar-refractivity contribution is 7.20. The van der Waals surface area contributed by atoms with E-state index in [1.54, 1.807) is 0 Å². The number of imidazole rings is 1. The van der Waals surface area contributed by atoms with Crippen molar-refractivity contribution in [2.75, 3.05) is 31.5 Å². The van der Waals surface area contributed by atoms with Gasteiger partial charge in [-0.2, -0.15) is 0 Å². The topological polar surface area (TPSA) is 64.3 Å². The molecule has 5 rings (SSSR count). The van der Waals surface area contributed by atoms with Crippen molar-refractivity contribution in [2.24, 2.45) is 0 Å². The molecule has 0 radical (unpaired) electrons.